The predicted molar refractivity (Wildman–Crippen MR) is 98.2 cm³/mol. The molecule has 7 nitrogen and oxygen atoms in total. The molecule has 0 radical (unpaired) electrons. The molecule has 130 valence electrons. The Balaban J connectivity index is 1.68. The van der Waals surface area contributed by atoms with Crippen LogP contribution in [0.4, 0.5) is 0 Å². The average molecular weight is 345 g/mol. The Morgan fingerprint density at radius 3 is 2.85 bits per heavy atom. The Kier molecular flexibility index (Phi) is 3.49. The lowest BCUT2D eigenvalue weighted by Crippen LogP contribution is -2.19. The summed E-state index contributed by atoms with van der Waals surface area (Å²) in [5.41, 5.74) is 3.75. The summed E-state index contributed by atoms with van der Waals surface area (Å²) in [5, 5.41) is 17.3. The quantitative estimate of drug-likeness (QED) is 0.587. The predicted octanol–water partition coefficient (Wildman–Crippen LogP) is 3.95. The van der Waals surface area contributed by atoms with E-state index in [9.17, 15) is 0 Å². The van der Waals surface area contributed by atoms with Gasteiger partial charge in [0.25, 0.3) is 0 Å². The van der Waals surface area contributed by atoms with E-state index < -0.39 is 0 Å². The van der Waals surface area contributed by atoms with Gasteiger partial charge in [-0.3, -0.25) is 5.10 Å². The molecule has 4 aromatic heterocycles. The van der Waals surface area contributed by atoms with Crippen molar-refractivity contribution in [3.05, 3.63) is 30.7 Å². The molecule has 4 aromatic rings. The lowest BCUT2D eigenvalue weighted by Gasteiger charge is -2.29. The van der Waals surface area contributed by atoms with Gasteiger partial charge in [-0.15, -0.1) is 0 Å². The molecule has 0 unspecified atom stereocenters. The number of nitriles is 1. The fraction of sp³-hybridized carbons (Fsp3) is 0.368. The molecule has 0 aliphatic heterocycles. The van der Waals surface area contributed by atoms with E-state index in [1.54, 1.807) is 0 Å². The van der Waals surface area contributed by atoms with E-state index >= 15 is 0 Å². The molecule has 1 saturated carbocycles. The molecule has 2 N–H and O–H groups in total. The number of hydrogen-bond donors (Lipinski definition) is 2. The molecule has 0 atom stereocenters. The number of fused-ring (bicyclic) bond motifs is 3. The number of rotatable bonds is 3. The molecule has 0 spiro atoms. The van der Waals surface area contributed by atoms with Gasteiger partial charge in [-0.05, 0) is 43.7 Å². The van der Waals surface area contributed by atoms with Crippen LogP contribution in [0.5, 0.6) is 0 Å². The zero-order valence-corrected chi connectivity index (χ0v) is 14.3. The zero-order valence-electron chi connectivity index (χ0n) is 14.3. The summed E-state index contributed by atoms with van der Waals surface area (Å²) in [5.74, 6) is 1.41. The van der Waals surface area contributed by atoms with Gasteiger partial charge in [-0.1, -0.05) is 0 Å². The number of pyridine rings is 1. The second kappa shape index (κ2) is 5.99. The number of aromatic amines is 2. The van der Waals surface area contributed by atoms with E-state index in [-0.39, 0.29) is 0 Å². The van der Waals surface area contributed by atoms with E-state index in [1.807, 2.05) is 24.7 Å². The van der Waals surface area contributed by atoms with Crippen LogP contribution < -0.4 is 0 Å². The molecule has 4 heterocycles. The lowest BCUT2D eigenvalue weighted by atomic mass is 9.84. The molecule has 0 amide bonds. The summed E-state index contributed by atoms with van der Waals surface area (Å²) >= 11 is 0. The molecular weight excluding hydrogens is 326 g/mol. The second-order valence-corrected chi connectivity index (χ2v) is 7.03. The third-order valence-electron chi connectivity index (χ3n) is 5.53. The lowest BCUT2D eigenvalue weighted by molar-refractivity contribution is 0.283. The molecule has 26 heavy (non-hydrogen) atoms. The summed E-state index contributed by atoms with van der Waals surface area (Å²) < 4.78 is 2.35. The maximum atomic E-state index is 8.99. The van der Waals surface area contributed by atoms with Crippen LogP contribution in [0, 0.1) is 17.2 Å². The van der Waals surface area contributed by atoms with Gasteiger partial charge < -0.3 is 9.55 Å². The van der Waals surface area contributed by atoms with Gasteiger partial charge in [-0.25, -0.2) is 9.97 Å². The molecule has 0 bridgehead atoms. The van der Waals surface area contributed by atoms with Crippen molar-refractivity contribution in [3.8, 4) is 17.6 Å². The minimum atomic E-state index is 0.363. The van der Waals surface area contributed by atoms with E-state index in [0.717, 1.165) is 59.3 Å². The third kappa shape index (κ3) is 2.30. The molecule has 5 rings (SSSR count). The minimum absolute atomic E-state index is 0.363. The SMILES string of the molecule is N#CC[C@H]1CC[C@H](n2c(-c3cc[nH]n3)nc3cnc4[nH]ccc4c32)CC1. The highest BCUT2D eigenvalue weighted by Crippen LogP contribution is 2.39. The molecule has 1 fully saturated rings. The van der Waals surface area contributed by atoms with Crippen molar-refractivity contribution in [3.63, 3.8) is 0 Å². The first kappa shape index (κ1) is 15.1. The van der Waals surface area contributed by atoms with Crippen molar-refractivity contribution in [2.75, 3.05) is 0 Å². The van der Waals surface area contributed by atoms with Crippen molar-refractivity contribution in [1.82, 2.24) is 29.7 Å². The van der Waals surface area contributed by atoms with Gasteiger partial charge in [0, 0.05) is 30.2 Å². The van der Waals surface area contributed by atoms with Gasteiger partial charge in [-0.2, -0.15) is 10.4 Å². The van der Waals surface area contributed by atoms with Crippen LogP contribution >= 0.6 is 0 Å². The second-order valence-electron chi connectivity index (χ2n) is 7.03. The molecule has 1 aliphatic carbocycles. The molecule has 7 heteroatoms. The zero-order chi connectivity index (χ0) is 17.5. The summed E-state index contributed by atoms with van der Waals surface area (Å²) in [4.78, 5) is 12.6. The Morgan fingerprint density at radius 2 is 2.08 bits per heavy atom. The van der Waals surface area contributed by atoms with Crippen LogP contribution in [0.1, 0.15) is 38.1 Å². The number of H-pyrrole nitrogens is 2. The summed E-state index contributed by atoms with van der Waals surface area (Å²) in [6, 6.07) is 6.72. The van der Waals surface area contributed by atoms with Crippen LogP contribution in [-0.2, 0) is 0 Å². The van der Waals surface area contributed by atoms with Crippen LogP contribution in [0.15, 0.2) is 30.7 Å². The van der Waals surface area contributed by atoms with Gasteiger partial charge in [0.05, 0.1) is 17.8 Å². The summed E-state index contributed by atoms with van der Waals surface area (Å²) in [6.45, 7) is 0. The molecule has 1 aliphatic rings. The van der Waals surface area contributed by atoms with Crippen molar-refractivity contribution < 1.29 is 0 Å². The van der Waals surface area contributed by atoms with Gasteiger partial charge in [0.15, 0.2) is 5.82 Å². The van der Waals surface area contributed by atoms with Crippen molar-refractivity contribution in [2.24, 2.45) is 5.92 Å². The van der Waals surface area contributed by atoms with E-state index in [1.165, 1.54) is 0 Å². The summed E-state index contributed by atoms with van der Waals surface area (Å²) in [6.07, 6.45) is 10.5. The number of nitrogens with zero attached hydrogens (tertiary/aromatic N) is 5. The smallest absolute Gasteiger partial charge is 0.162 e. The standard InChI is InChI=1S/C19H19N7/c20-8-5-12-1-3-13(4-2-12)26-17-14-6-9-21-18(14)22-11-16(17)24-19(26)15-7-10-23-25-15/h6-7,9-13H,1-5H2,(H,21,22)(H,23,25)/t12-,13-. The number of imidazole rings is 1. The highest BCUT2D eigenvalue weighted by Gasteiger charge is 2.27. The minimum Gasteiger partial charge on any atom is -0.346 e. The summed E-state index contributed by atoms with van der Waals surface area (Å²) in [7, 11) is 0. The largest absolute Gasteiger partial charge is 0.346 e. The van der Waals surface area contributed by atoms with Crippen molar-refractivity contribution in [2.45, 2.75) is 38.1 Å². The number of hydrogen-bond acceptors (Lipinski definition) is 4. The Morgan fingerprint density at radius 1 is 1.19 bits per heavy atom. The highest BCUT2D eigenvalue weighted by molar-refractivity contribution is 6.02. The van der Waals surface area contributed by atoms with Crippen LogP contribution in [0.3, 0.4) is 0 Å². The van der Waals surface area contributed by atoms with E-state index in [0.29, 0.717) is 18.4 Å². The topological polar surface area (TPSA) is 99.0 Å². The normalized spacial score (nSPS) is 20.6. The van der Waals surface area contributed by atoms with Crippen LogP contribution in [0.2, 0.25) is 0 Å². The number of aromatic nitrogens is 6. The fourth-order valence-electron chi connectivity index (χ4n) is 4.25. The fourth-order valence-corrected chi connectivity index (χ4v) is 4.25. The van der Waals surface area contributed by atoms with E-state index in [2.05, 4.69) is 36.9 Å². The van der Waals surface area contributed by atoms with Crippen LogP contribution in [-0.4, -0.2) is 29.7 Å². The highest BCUT2D eigenvalue weighted by atomic mass is 15.2. The Hall–Kier alpha value is -3.14. The Bertz CT molecular complexity index is 1090. The third-order valence-corrected chi connectivity index (χ3v) is 5.53. The van der Waals surface area contributed by atoms with E-state index in [4.69, 9.17) is 10.2 Å². The van der Waals surface area contributed by atoms with Crippen molar-refractivity contribution in [1.29, 1.82) is 5.26 Å². The maximum absolute atomic E-state index is 8.99. The van der Waals surface area contributed by atoms with Crippen LogP contribution in [0.25, 0.3) is 33.6 Å². The Labute approximate surface area is 150 Å². The van der Waals surface area contributed by atoms with Gasteiger partial charge >= 0.3 is 0 Å². The average Bonchev–Trinajstić information content (AvgIpc) is 3.40. The van der Waals surface area contributed by atoms with Crippen molar-refractivity contribution >= 4 is 22.1 Å². The maximum Gasteiger partial charge on any atom is 0.162 e. The first-order valence-corrected chi connectivity index (χ1v) is 9.06. The molecular formula is C19H19N7. The van der Waals surface area contributed by atoms with Gasteiger partial charge in [0.2, 0.25) is 0 Å². The number of nitrogens with one attached hydrogen (secondary N) is 2. The monoisotopic (exact) mass is 345 g/mol. The first-order chi connectivity index (χ1) is 12.8. The van der Waals surface area contributed by atoms with Gasteiger partial charge in [0.1, 0.15) is 16.9 Å². The first-order valence-electron chi connectivity index (χ1n) is 9.06. The molecule has 0 saturated heterocycles. The molecule has 0 aromatic carbocycles.